The Kier molecular flexibility index (Phi) is 3.11. The van der Waals surface area contributed by atoms with E-state index < -0.39 is 5.54 Å². The van der Waals surface area contributed by atoms with E-state index in [0.29, 0.717) is 13.2 Å². The molecule has 2 aliphatic heterocycles. The fourth-order valence-corrected chi connectivity index (χ4v) is 4.33. The molecule has 0 saturated carbocycles. The fourth-order valence-electron chi connectivity index (χ4n) is 4.33. The molecule has 124 valence electrons. The number of hydrogen-bond acceptors (Lipinski definition) is 2. The normalized spacial score (nSPS) is 22.2. The van der Waals surface area contributed by atoms with Crippen LogP contribution in [0.5, 0.6) is 0 Å². The Bertz CT molecular complexity index is 966. The monoisotopic (exact) mass is 329 g/mol. The molecule has 5 rings (SSSR count). The van der Waals surface area contributed by atoms with Crippen molar-refractivity contribution in [3.63, 3.8) is 0 Å². The standard InChI is InChI=1S/C22H19NO2/c24-21-23-11-10-18-12-16-6-4-5-7-17(16)13-19(18)14-22(23,15-25-21)20-8-2-1-3-9-20/h1-9,12-13H,10-11,14-15H2/t22-/m0/s1. The average molecular weight is 329 g/mol. The molecule has 3 heteroatoms. The van der Waals surface area contributed by atoms with Crippen LogP contribution in [0.3, 0.4) is 0 Å². The largest absolute Gasteiger partial charge is 0.446 e. The first kappa shape index (κ1) is 14.5. The van der Waals surface area contributed by atoms with Gasteiger partial charge >= 0.3 is 6.09 Å². The van der Waals surface area contributed by atoms with Gasteiger partial charge in [-0.1, -0.05) is 66.7 Å². The minimum absolute atomic E-state index is 0.193. The maximum absolute atomic E-state index is 12.4. The van der Waals surface area contributed by atoms with E-state index in [4.69, 9.17) is 4.74 Å². The zero-order valence-electron chi connectivity index (χ0n) is 13.9. The van der Waals surface area contributed by atoms with Gasteiger partial charge in [0.15, 0.2) is 0 Å². The molecule has 2 aliphatic rings. The maximum Gasteiger partial charge on any atom is 0.410 e. The van der Waals surface area contributed by atoms with Crippen LogP contribution in [0.25, 0.3) is 10.8 Å². The fraction of sp³-hybridized carbons (Fsp3) is 0.227. The predicted molar refractivity (Wildman–Crippen MR) is 97.5 cm³/mol. The van der Waals surface area contributed by atoms with Crippen LogP contribution in [0.1, 0.15) is 16.7 Å². The predicted octanol–water partition coefficient (Wildman–Crippen LogP) is 4.29. The smallest absolute Gasteiger partial charge is 0.410 e. The summed E-state index contributed by atoms with van der Waals surface area (Å²) in [6, 6.07) is 23.4. The van der Waals surface area contributed by atoms with Crippen molar-refractivity contribution in [2.45, 2.75) is 18.4 Å². The van der Waals surface area contributed by atoms with Gasteiger partial charge in [0.1, 0.15) is 12.1 Å². The minimum Gasteiger partial charge on any atom is -0.446 e. The summed E-state index contributed by atoms with van der Waals surface area (Å²) < 4.78 is 5.50. The number of fused-ring (bicyclic) bond motifs is 3. The lowest BCUT2D eigenvalue weighted by atomic mass is 9.83. The lowest BCUT2D eigenvalue weighted by Gasteiger charge is -2.34. The van der Waals surface area contributed by atoms with Crippen molar-refractivity contribution < 1.29 is 9.53 Å². The summed E-state index contributed by atoms with van der Waals surface area (Å²) >= 11 is 0. The first-order chi connectivity index (χ1) is 12.3. The molecule has 0 aliphatic carbocycles. The molecule has 0 aromatic heterocycles. The van der Waals surface area contributed by atoms with Gasteiger partial charge in [0.05, 0.1) is 0 Å². The molecule has 3 aromatic carbocycles. The molecule has 0 spiro atoms. The van der Waals surface area contributed by atoms with E-state index in [1.165, 1.54) is 21.9 Å². The van der Waals surface area contributed by atoms with E-state index in [1.807, 2.05) is 23.1 Å². The molecule has 0 N–H and O–H groups in total. The van der Waals surface area contributed by atoms with Crippen molar-refractivity contribution in [1.29, 1.82) is 0 Å². The number of rotatable bonds is 1. The van der Waals surface area contributed by atoms with Gasteiger partial charge in [0.25, 0.3) is 0 Å². The van der Waals surface area contributed by atoms with Gasteiger partial charge in [-0.05, 0) is 33.9 Å². The van der Waals surface area contributed by atoms with Gasteiger partial charge in [-0.15, -0.1) is 0 Å². The topological polar surface area (TPSA) is 29.5 Å². The van der Waals surface area contributed by atoms with Crippen LogP contribution in [-0.2, 0) is 23.1 Å². The molecule has 1 amide bonds. The van der Waals surface area contributed by atoms with E-state index in [1.54, 1.807) is 0 Å². The summed E-state index contributed by atoms with van der Waals surface area (Å²) in [6.07, 6.45) is 1.47. The van der Waals surface area contributed by atoms with Crippen molar-refractivity contribution in [2.75, 3.05) is 13.2 Å². The molecular formula is C22H19NO2. The SMILES string of the molecule is O=C1OC[C@]2(c3ccccc3)Cc3cc4ccccc4cc3CCN12. The Labute approximate surface area is 146 Å². The highest BCUT2D eigenvalue weighted by Gasteiger charge is 2.49. The van der Waals surface area contributed by atoms with Crippen LogP contribution < -0.4 is 0 Å². The molecule has 1 fully saturated rings. The summed E-state index contributed by atoms with van der Waals surface area (Å²) in [5.74, 6) is 0. The van der Waals surface area contributed by atoms with E-state index in [9.17, 15) is 4.79 Å². The van der Waals surface area contributed by atoms with Crippen molar-refractivity contribution in [2.24, 2.45) is 0 Å². The first-order valence-corrected chi connectivity index (χ1v) is 8.77. The molecule has 1 atom stereocenters. The van der Waals surface area contributed by atoms with Crippen LogP contribution in [0, 0.1) is 0 Å². The Hall–Kier alpha value is -2.81. The number of ether oxygens (including phenoxy) is 1. The average Bonchev–Trinajstić information content (AvgIpc) is 2.87. The summed E-state index contributed by atoms with van der Waals surface area (Å²) in [7, 11) is 0. The molecule has 1 saturated heterocycles. The van der Waals surface area contributed by atoms with Gasteiger partial charge in [0.2, 0.25) is 0 Å². The van der Waals surface area contributed by atoms with Crippen molar-refractivity contribution >= 4 is 16.9 Å². The number of carbonyl (C=O) groups is 1. The summed E-state index contributed by atoms with van der Waals surface area (Å²) in [5, 5.41) is 2.52. The Morgan fingerprint density at radius 1 is 0.880 bits per heavy atom. The second-order valence-electron chi connectivity index (χ2n) is 7.00. The Morgan fingerprint density at radius 3 is 2.32 bits per heavy atom. The van der Waals surface area contributed by atoms with Crippen LogP contribution in [0.2, 0.25) is 0 Å². The minimum atomic E-state index is -0.397. The van der Waals surface area contributed by atoms with Gasteiger partial charge < -0.3 is 4.74 Å². The van der Waals surface area contributed by atoms with Gasteiger partial charge in [-0.25, -0.2) is 4.79 Å². The van der Waals surface area contributed by atoms with Gasteiger partial charge in [-0.2, -0.15) is 0 Å². The molecule has 0 bridgehead atoms. The lowest BCUT2D eigenvalue weighted by molar-refractivity contribution is 0.152. The van der Waals surface area contributed by atoms with E-state index in [-0.39, 0.29) is 6.09 Å². The highest BCUT2D eigenvalue weighted by atomic mass is 16.6. The molecule has 25 heavy (non-hydrogen) atoms. The molecule has 3 aromatic rings. The Morgan fingerprint density at radius 2 is 1.56 bits per heavy atom. The van der Waals surface area contributed by atoms with Crippen LogP contribution >= 0.6 is 0 Å². The zero-order valence-corrected chi connectivity index (χ0v) is 13.9. The van der Waals surface area contributed by atoms with E-state index in [0.717, 1.165) is 18.4 Å². The number of carbonyl (C=O) groups excluding carboxylic acids is 1. The van der Waals surface area contributed by atoms with E-state index >= 15 is 0 Å². The number of amides is 1. The zero-order chi connectivity index (χ0) is 16.9. The van der Waals surface area contributed by atoms with Crippen molar-refractivity contribution in [3.05, 3.63) is 83.4 Å². The third kappa shape index (κ3) is 2.15. The summed E-state index contributed by atoms with van der Waals surface area (Å²) in [5.41, 5.74) is 3.42. The highest BCUT2D eigenvalue weighted by Crippen LogP contribution is 2.41. The molecule has 0 unspecified atom stereocenters. The summed E-state index contributed by atoms with van der Waals surface area (Å²) in [6.45, 7) is 1.11. The number of cyclic esters (lactones) is 1. The third-order valence-corrected chi connectivity index (χ3v) is 5.64. The second-order valence-corrected chi connectivity index (χ2v) is 7.00. The number of benzene rings is 3. The second kappa shape index (κ2) is 5.35. The van der Waals surface area contributed by atoms with Crippen molar-refractivity contribution in [3.8, 4) is 0 Å². The van der Waals surface area contributed by atoms with Crippen LogP contribution in [-0.4, -0.2) is 24.1 Å². The maximum atomic E-state index is 12.4. The van der Waals surface area contributed by atoms with Gasteiger partial charge in [-0.3, -0.25) is 4.90 Å². The third-order valence-electron chi connectivity index (χ3n) is 5.64. The number of nitrogens with zero attached hydrogens (tertiary/aromatic N) is 1. The van der Waals surface area contributed by atoms with Crippen molar-refractivity contribution in [1.82, 2.24) is 4.90 Å². The van der Waals surface area contributed by atoms with Gasteiger partial charge in [0, 0.05) is 13.0 Å². The molecule has 2 heterocycles. The molecule has 0 radical (unpaired) electrons. The van der Waals surface area contributed by atoms with E-state index in [2.05, 4.69) is 48.5 Å². The van der Waals surface area contributed by atoms with Crippen LogP contribution in [0.15, 0.2) is 66.7 Å². The van der Waals surface area contributed by atoms with Crippen LogP contribution in [0.4, 0.5) is 4.79 Å². The highest BCUT2D eigenvalue weighted by molar-refractivity contribution is 5.84. The molecule has 3 nitrogen and oxygen atoms in total. The molecular weight excluding hydrogens is 310 g/mol. The number of hydrogen-bond donors (Lipinski definition) is 0. The first-order valence-electron chi connectivity index (χ1n) is 8.77. The quantitative estimate of drug-likeness (QED) is 0.667. The lowest BCUT2D eigenvalue weighted by Crippen LogP contribution is -2.46. The Balaban J connectivity index is 1.70. The summed E-state index contributed by atoms with van der Waals surface area (Å²) in [4.78, 5) is 14.4.